The highest BCUT2D eigenvalue weighted by Crippen LogP contribution is 2.22. The Morgan fingerprint density at radius 3 is 2.50 bits per heavy atom. The van der Waals surface area contributed by atoms with Crippen LogP contribution >= 0.6 is 34.3 Å². The van der Waals surface area contributed by atoms with Gasteiger partial charge < -0.3 is 4.74 Å². The third-order valence-electron chi connectivity index (χ3n) is 2.77. The van der Waals surface area contributed by atoms with Gasteiger partial charge in [0.25, 0.3) is 11.8 Å². The molecule has 0 saturated carbocycles. The maximum atomic E-state index is 11.8. The minimum atomic E-state index is -0.724. The number of amides is 2. The zero-order valence-electron chi connectivity index (χ0n) is 12.2. The number of ketones is 1. The molecule has 2 aromatic rings. The molecule has 24 heavy (non-hydrogen) atoms. The van der Waals surface area contributed by atoms with E-state index in [2.05, 4.69) is 5.32 Å². The van der Waals surface area contributed by atoms with Crippen molar-refractivity contribution in [1.29, 1.82) is 0 Å². The molecule has 126 valence electrons. The van der Waals surface area contributed by atoms with Crippen molar-refractivity contribution >= 4 is 57.8 Å². The molecule has 0 spiro atoms. The lowest BCUT2D eigenvalue weighted by atomic mass is 10.2. The average molecular weight is 386 g/mol. The maximum absolute atomic E-state index is 11.8. The molecule has 9 heteroatoms. The first-order valence-electron chi connectivity index (χ1n) is 6.77. The summed E-state index contributed by atoms with van der Waals surface area (Å²) >= 11 is 8.06. The van der Waals surface area contributed by atoms with Gasteiger partial charge in [0.2, 0.25) is 0 Å². The van der Waals surface area contributed by atoms with Crippen molar-refractivity contribution in [2.75, 3.05) is 6.61 Å². The Kier molecular flexibility index (Phi) is 6.65. The summed E-state index contributed by atoms with van der Waals surface area (Å²) in [5.41, 5.74) is 0. The molecule has 6 nitrogen and oxygen atoms in total. The zero-order valence-corrected chi connectivity index (χ0v) is 14.6. The van der Waals surface area contributed by atoms with Crippen LogP contribution in [-0.4, -0.2) is 30.2 Å². The summed E-state index contributed by atoms with van der Waals surface area (Å²) in [6.45, 7) is -0.574. The fourth-order valence-corrected chi connectivity index (χ4v) is 3.28. The number of hydrogen-bond donors (Lipinski definition) is 1. The maximum Gasteiger partial charge on any atom is 0.306 e. The summed E-state index contributed by atoms with van der Waals surface area (Å²) in [5, 5.41) is 3.81. The number of carbonyl (C=O) groups is 4. The lowest BCUT2D eigenvalue weighted by Crippen LogP contribution is -2.33. The standard InChI is InChI=1S/C15H12ClNO5S2/c16-12-5-4-10(24-12)9(18)3-6-14(20)22-8-13(19)17-15(21)11-2-1-7-23-11/h1-2,4-5,7H,3,6,8H2,(H,17,19,21). The monoisotopic (exact) mass is 385 g/mol. The number of rotatable bonds is 7. The quantitative estimate of drug-likeness (QED) is 0.584. The molecular formula is C15H12ClNO5S2. The fraction of sp³-hybridized carbons (Fsp3) is 0.200. The first-order valence-corrected chi connectivity index (χ1v) is 8.85. The van der Waals surface area contributed by atoms with Crippen molar-refractivity contribution in [2.24, 2.45) is 0 Å². The van der Waals surface area contributed by atoms with Crippen LogP contribution in [0.15, 0.2) is 29.6 Å². The van der Waals surface area contributed by atoms with Crippen LogP contribution in [0.1, 0.15) is 32.2 Å². The van der Waals surface area contributed by atoms with Gasteiger partial charge in [-0.1, -0.05) is 17.7 Å². The average Bonchev–Trinajstić information content (AvgIpc) is 3.22. The van der Waals surface area contributed by atoms with Gasteiger partial charge in [0.1, 0.15) is 0 Å². The molecule has 1 N–H and O–H groups in total. The van der Waals surface area contributed by atoms with Crippen LogP contribution in [0.5, 0.6) is 0 Å². The highest BCUT2D eigenvalue weighted by molar-refractivity contribution is 7.18. The minimum absolute atomic E-state index is 0.0363. The van der Waals surface area contributed by atoms with E-state index in [4.69, 9.17) is 16.3 Å². The second-order valence-electron chi connectivity index (χ2n) is 4.54. The minimum Gasteiger partial charge on any atom is -0.456 e. The smallest absolute Gasteiger partial charge is 0.306 e. The van der Waals surface area contributed by atoms with Crippen LogP contribution in [0.25, 0.3) is 0 Å². The van der Waals surface area contributed by atoms with E-state index in [-0.39, 0.29) is 18.6 Å². The van der Waals surface area contributed by atoms with Crippen molar-refractivity contribution < 1.29 is 23.9 Å². The largest absolute Gasteiger partial charge is 0.456 e. The van der Waals surface area contributed by atoms with Crippen LogP contribution in [0.3, 0.4) is 0 Å². The van der Waals surface area contributed by atoms with E-state index in [1.54, 1.807) is 29.6 Å². The van der Waals surface area contributed by atoms with Gasteiger partial charge in [0.05, 0.1) is 20.5 Å². The number of ether oxygens (including phenoxy) is 1. The second-order valence-corrected chi connectivity index (χ2v) is 7.20. The van der Waals surface area contributed by atoms with Gasteiger partial charge in [-0.15, -0.1) is 22.7 Å². The Morgan fingerprint density at radius 2 is 1.88 bits per heavy atom. The Hall–Kier alpha value is -2.03. The number of imide groups is 1. The summed E-state index contributed by atoms with van der Waals surface area (Å²) in [5.74, 6) is -2.18. The molecule has 0 aliphatic rings. The van der Waals surface area contributed by atoms with Gasteiger partial charge in [0, 0.05) is 6.42 Å². The molecule has 2 aromatic heterocycles. The van der Waals surface area contributed by atoms with Gasteiger partial charge in [-0.25, -0.2) is 0 Å². The SMILES string of the molecule is O=C(COC(=O)CCC(=O)c1ccc(Cl)s1)NC(=O)c1cccs1. The Balaban J connectivity index is 1.68. The molecule has 0 fully saturated rings. The summed E-state index contributed by atoms with van der Waals surface area (Å²) < 4.78 is 5.23. The summed E-state index contributed by atoms with van der Waals surface area (Å²) in [6.07, 6.45) is -0.189. The van der Waals surface area contributed by atoms with E-state index in [9.17, 15) is 19.2 Å². The number of halogens is 1. The fourth-order valence-electron chi connectivity index (χ4n) is 1.65. The highest BCUT2D eigenvalue weighted by Gasteiger charge is 2.15. The third-order valence-corrected chi connectivity index (χ3v) is 4.91. The van der Waals surface area contributed by atoms with Crippen LogP contribution < -0.4 is 5.32 Å². The molecule has 2 amide bonds. The normalized spacial score (nSPS) is 10.2. The summed E-state index contributed by atoms with van der Waals surface area (Å²) in [7, 11) is 0. The molecule has 0 radical (unpaired) electrons. The zero-order chi connectivity index (χ0) is 17.5. The van der Waals surface area contributed by atoms with E-state index in [0.717, 1.165) is 11.3 Å². The molecule has 0 atom stereocenters. The Labute approximate surface area is 150 Å². The van der Waals surface area contributed by atoms with E-state index < -0.39 is 24.4 Å². The van der Waals surface area contributed by atoms with Gasteiger partial charge in [0.15, 0.2) is 12.4 Å². The predicted molar refractivity (Wildman–Crippen MR) is 90.6 cm³/mol. The number of esters is 1. The summed E-state index contributed by atoms with van der Waals surface area (Å²) in [4.78, 5) is 47.3. The molecule has 0 aliphatic heterocycles. The molecule has 0 bridgehead atoms. The topological polar surface area (TPSA) is 89.5 Å². The molecule has 2 rings (SSSR count). The number of thiophene rings is 2. The van der Waals surface area contributed by atoms with Gasteiger partial charge >= 0.3 is 5.97 Å². The van der Waals surface area contributed by atoms with Crippen molar-refractivity contribution in [3.63, 3.8) is 0 Å². The van der Waals surface area contributed by atoms with Crippen LogP contribution in [0.2, 0.25) is 4.34 Å². The van der Waals surface area contributed by atoms with E-state index in [0.29, 0.717) is 14.1 Å². The van der Waals surface area contributed by atoms with Crippen molar-refractivity contribution in [1.82, 2.24) is 5.32 Å². The van der Waals surface area contributed by atoms with Gasteiger partial charge in [-0.2, -0.15) is 0 Å². The number of carbonyl (C=O) groups excluding carboxylic acids is 4. The third kappa shape index (κ3) is 5.55. The molecule has 0 aromatic carbocycles. The number of nitrogens with one attached hydrogen (secondary N) is 1. The first kappa shape index (κ1) is 18.3. The van der Waals surface area contributed by atoms with Gasteiger partial charge in [-0.05, 0) is 23.6 Å². The van der Waals surface area contributed by atoms with E-state index in [1.807, 2.05) is 0 Å². The molecule has 0 unspecified atom stereocenters. The number of hydrogen-bond acceptors (Lipinski definition) is 7. The van der Waals surface area contributed by atoms with Crippen LogP contribution in [-0.2, 0) is 14.3 Å². The van der Waals surface area contributed by atoms with Crippen molar-refractivity contribution in [3.8, 4) is 0 Å². The Morgan fingerprint density at radius 1 is 1.08 bits per heavy atom. The number of Topliss-reactive ketones (excluding diaryl/α,β-unsaturated/α-hetero) is 1. The Bertz CT molecular complexity index is 754. The van der Waals surface area contributed by atoms with Crippen LogP contribution in [0, 0.1) is 0 Å². The van der Waals surface area contributed by atoms with Crippen molar-refractivity contribution in [2.45, 2.75) is 12.8 Å². The van der Waals surface area contributed by atoms with Crippen molar-refractivity contribution in [3.05, 3.63) is 43.7 Å². The molecule has 0 aliphatic carbocycles. The highest BCUT2D eigenvalue weighted by atomic mass is 35.5. The molecule has 0 saturated heterocycles. The lowest BCUT2D eigenvalue weighted by molar-refractivity contribution is -0.148. The van der Waals surface area contributed by atoms with Gasteiger partial charge in [-0.3, -0.25) is 24.5 Å². The first-order chi connectivity index (χ1) is 11.5. The lowest BCUT2D eigenvalue weighted by Gasteiger charge is -2.04. The predicted octanol–water partition coefficient (Wildman–Crippen LogP) is 2.93. The van der Waals surface area contributed by atoms with E-state index in [1.165, 1.54) is 11.3 Å². The molecule has 2 heterocycles. The van der Waals surface area contributed by atoms with Crippen LogP contribution in [0.4, 0.5) is 0 Å². The molecular weight excluding hydrogens is 374 g/mol. The second kappa shape index (κ2) is 8.72. The summed E-state index contributed by atoms with van der Waals surface area (Å²) in [6, 6.07) is 6.45. The van der Waals surface area contributed by atoms with E-state index >= 15 is 0 Å².